The monoisotopic (exact) mass is 260 g/mol. The normalized spacial score (nSPS) is 12.4. The van der Waals surface area contributed by atoms with Crippen molar-refractivity contribution in [1.82, 2.24) is 9.88 Å². The van der Waals surface area contributed by atoms with Crippen molar-refractivity contribution in [3.05, 3.63) is 46.2 Å². The number of aromatic nitrogens is 1. The molecular formula is C14H16N2O3. The highest BCUT2D eigenvalue weighted by molar-refractivity contribution is 5.97. The molecule has 19 heavy (non-hydrogen) atoms. The molecule has 5 nitrogen and oxygen atoms in total. The SMILES string of the molecule is CC(CO)N(C)C(=O)c1c[nH]c2ccccc2c1=O. The van der Waals surface area contributed by atoms with Crippen LogP contribution < -0.4 is 5.43 Å². The number of para-hydroxylation sites is 1. The minimum absolute atomic E-state index is 0.0847. The van der Waals surface area contributed by atoms with E-state index in [4.69, 9.17) is 5.11 Å². The molecule has 1 aromatic carbocycles. The number of H-pyrrole nitrogens is 1. The van der Waals surface area contributed by atoms with Crippen LogP contribution in [0.1, 0.15) is 17.3 Å². The van der Waals surface area contributed by atoms with Crippen LogP contribution in [0.2, 0.25) is 0 Å². The van der Waals surface area contributed by atoms with Crippen molar-refractivity contribution in [2.45, 2.75) is 13.0 Å². The number of carbonyl (C=O) groups excluding carboxylic acids is 1. The highest BCUT2D eigenvalue weighted by atomic mass is 16.3. The number of nitrogens with one attached hydrogen (secondary N) is 1. The fourth-order valence-electron chi connectivity index (χ4n) is 1.84. The van der Waals surface area contributed by atoms with E-state index in [1.807, 2.05) is 6.07 Å². The van der Waals surface area contributed by atoms with Gasteiger partial charge in [0.2, 0.25) is 5.43 Å². The molecule has 1 unspecified atom stereocenters. The summed E-state index contributed by atoms with van der Waals surface area (Å²) in [5.74, 6) is -0.395. The first-order chi connectivity index (χ1) is 9.06. The maximum Gasteiger partial charge on any atom is 0.259 e. The molecule has 1 amide bonds. The topological polar surface area (TPSA) is 73.4 Å². The van der Waals surface area contributed by atoms with Gasteiger partial charge in [0.1, 0.15) is 5.56 Å². The molecule has 2 rings (SSSR count). The number of likely N-dealkylation sites (N-methyl/N-ethyl adjacent to an activating group) is 1. The van der Waals surface area contributed by atoms with Crippen LogP contribution in [0.15, 0.2) is 35.3 Å². The van der Waals surface area contributed by atoms with Gasteiger partial charge in [-0.1, -0.05) is 12.1 Å². The minimum atomic E-state index is -0.395. The summed E-state index contributed by atoms with van der Waals surface area (Å²) in [6.45, 7) is 1.57. The average Bonchev–Trinajstić information content (AvgIpc) is 2.45. The Balaban J connectivity index is 2.49. The number of aromatic amines is 1. The highest BCUT2D eigenvalue weighted by Gasteiger charge is 2.20. The number of aliphatic hydroxyl groups is 1. The Hall–Kier alpha value is -2.14. The van der Waals surface area contributed by atoms with Gasteiger partial charge in [-0.25, -0.2) is 0 Å². The molecule has 2 aromatic rings. The molecule has 1 atom stereocenters. The first-order valence-electron chi connectivity index (χ1n) is 6.04. The van der Waals surface area contributed by atoms with Crippen LogP contribution >= 0.6 is 0 Å². The third kappa shape index (κ3) is 2.37. The minimum Gasteiger partial charge on any atom is -0.394 e. The fraction of sp³-hybridized carbons (Fsp3) is 0.286. The van der Waals surface area contributed by atoms with E-state index >= 15 is 0 Å². The zero-order valence-electron chi connectivity index (χ0n) is 10.9. The second kappa shape index (κ2) is 5.24. The summed E-state index contributed by atoms with van der Waals surface area (Å²) in [6, 6.07) is 6.70. The fourth-order valence-corrected chi connectivity index (χ4v) is 1.84. The van der Waals surface area contributed by atoms with Gasteiger partial charge in [-0.2, -0.15) is 0 Å². The summed E-state index contributed by atoms with van der Waals surface area (Å²) in [5.41, 5.74) is 0.486. The van der Waals surface area contributed by atoms with E-state index in [0.717, 1.165) is 0 Å². The van der Waals surface area contributed by atoms with E-state index in [-0.39, 0.29) is 23.6 Å². The predicted octanol–water partition coefficient (Wildman–Crippen LogP) is 0.981. The molecule has 1 heterocycles. The van der Waals surface area contributed by atoms with Crippen molar-refractivity contribution in [3.8, 4) is 0 Å². The Morgan fingerprint density at radius 1 is 1.42 bits per heavy atom. The average molecular weight is 260 g/mol. The molecule has 0 saturated carbocycles. The summed E-state index contributed by atoms with van der Waals surface area (Å²) < 4.78 is 0. The molecule has 0 saturated heterocycles. The first-order valence-corrected chi connectivity index (χ1v) is 6.04. The van der Waals surface area contributed by atoms with Gasteiger partial charge in [0.05, 0.1) is 12.6 Å². The first kappa shape index (κ1) is 13.3. The smallest absolute Gasteiger partial charge is 0.259 e. The quantitative estimate of drug-likeness (QED) is 0.864. The van der Waals surface area contributed by atoms with E-state index in [9.17, 15) is 9.59 Å². The molecule has 0 aliphatic rings. The van der Waals surface area contributed by atoms with Crippen LogP contribution in [0.5, 0.6) is 0 Å². The van der Waals surface area contributed by atoms with Gasteiger partial charge < -0.3 is 15.0 Å². The van der Waals surface area contributed by atoms with E-state index in [1.165, 1.54) is 11.1 Å². The Bertz CT molecular complexity index is 663. The molecule has 0 aliphatic heterocycles. The van der Waals surface area contributed by atoms with Gasteiger partial charge in [0.25, 0.3) is 5.91 Å². The van der Waals surface area contributed by atoms with Crippen molar-refractivity contribution in [2.75, 3.05) is 13.7 Å². The lowest BCUT2D eigenvalue weighted by Gasteiger charge is -2.22. The number of hydrogen-bond donors (Lipinski definition) is 2. The maximum atomic E-state index is 12.3. The summed E-state index contributed by atoms with van der Waals surface area (Å²) in [5, 5.41) is 9.55. The Labute approximate surface area is 110 Å². The number of hydrogen-bond acceptors (Lipinski definition) is 3. The van der Waals surface area contributed by atoms with Gasteiger partial charge in [-0.05, 0) is 19.1 Å². The largest absolute Gasteiger partial charge is 0.394 e. The Morgan fingerprint density at radius 3 is 2.79 bits per heavy atom. The van der Waals surface area contributed by atoms with E-state index in [0.29, 0.717) is 10.9 Å². The second-order valence-electron chi connectivity index (χ2n) is 4.52. The molecule has 0 bridgehead atoms. The summed E-state index contributed by atoms with van der Waals surface area (Å²) >= 11 is 0. The van der Waals surface area contributed by atoms with Crippen LogP contribution in [0.25, 0.3) is 10.9 Å². The van der Waals surface area contributed by atoms with Gasteiger partial charge in [-0.15, -0.1) is 0 Å². The molecule has 100 valence electrons. The van der Waals surface area contributed by atoms with Crippen molar-refractivity contribution >= 4 is 16.8 Å². The van der Waals surface area contributed by atoms with Gasteiger partial charge in [0.15, 0.2) is 0 Å². The lowest BCUT2D eigenvalue weighted by Crippen LogP contribution is -2.39. The summed E-state index contributed by atoms with van der Waals surface area (Å²) in [6.07, 6.45) is 1.42. The van der Waals surface area contributed by atoms with Gasteiger partial charge in [0, 0.05) is 24.1 Å². The highest BCUT2D eigenvalue weighted by Crippen LogP contribution is 2.09. The standard InChI is InChI=1S/C14H16N2O3/c1-9(8-17)16(2)14(19)11-7-15-12-6-4-3-5-10(12)13(11)18/h3-7,9,17H,8H2,1-2H3,(H,15,18). The number of rotatable bonds is 3. The number of aliphatic hydroxyl groups excluding tert-OH is 1. The molecule has 2 N–H and O–H groups in total. The van der Waals surface area contributed by atoms with E-state index < -0.39 is 5.91 Å². The third-order valence-electron chi connectivity index (χ3n) is 3.26. The number of carbonyl (C=O) groups is 1. The Kier molecular flexibility index (Phi) is 3.66. The Morgan fingerprint density at radius 2 is 2.11 bits per heavy atom. The zero-order chi connectivity index (χ0) is 14.0. The number of nitrogens with zero attached hydrogens (tertiary/aromatic N) is 1. The van der Waals surface area contributed by atoms with Crippen LogP contribution in [0.3, 0.4) is 0 Å². The van der Waals surface area contributed by atoms with Crippen molar-refractivity contribution in [3.63, 3.8) is 0 Å². The van der Waals surface area contributed by atoms with Crippen molar-refractivity contribution < 1.29 is 9.90 Å². The number of amides is 1. The van der Waals surface area contributed by atoms with Crippen molar-refractivity contribution in [2.24, 2.45) is 0 Å². The maximum absolute atomic E-state index is 12.3. The molecule has 0 spiro atoms. The number of pyridine rings is 1. The third-order valence-corrected chi connectivity index (χ3v) is 3.26. The molecule has 0 fully saturated rings. The summed E-state index contributed by atoms with van der Waals surface area (Å²) in [7, 11) is 1.57. The van der Waals surface area contributed by atoms with Gasteiger partial charge in [-0.3, -0.25) is 9.59 Å². The second-order valence-corrected chi connectivity index (χ2v) is 4.52. The molecule has 5 heteroatoms. The van der Waals surface area contributed by atoms with Crippen LogP contribution in [-0.4, -0.2) is 40.6 Å². The number of benzene rings is 1. The number of fused-ring (bicyclic) bond motifs is 1. The molecule has 0 radical (unpaired) electrons. The van der Waals surface area contributed by atoms with E-state index in [1.54, 1.807) is 32.2 Å². The predicted molar refractivity (Wildman–Crippen MR) is 73.2 cm³/mol. The summed E-state index contributed by atoms with van der Waals surface area (Å²) in [4.78, 5) is 28.8. The van der Waals surface area contributed by atoms with E-state index in [2.05, 4.69) is 4.98 Å². The molecule has 0 aliphatic carbocycles. The van der Waals surface area contributed by atoms with Gasteiger partial charge >= 0.3 is 0 Å². The lowest BCUT2D eigenvalue weighted by atomic mass is 10.1. The van der Waals surface area contributed by atoms with Crippen LogP contribution in [0, 0.1) is 0 Å². The molecular weight excluding hydrogens is 244 g/mol. The molecule has 1 aromatic heterocycles. The van der Waals surface area contributed by atoms with Crippen LogP contribution in [0.4, 0.5) is 0 Å². The van der Waals surface area contributed by atoms with Crippen LogP contribution in [-0.2, 0) is 0 Å². The zero-order valence-corrected chi connectivity index (χ0v) is 10.9. The van der Waals surface area contributed by atoms with Crippen molar-refractivity contribution in [1.29, 1.82) is 0 Å². The lowest BCUT2D eigenvalue weighted by molar-refractivity contribution is 0.0681.